The quantitative estimate of drug-likeness (QED) is 0.775. The van der Waals surface area contributed by atoms with Crippen LogP contribution in [0.5, 0.6) is 0 Å². The Morgan fingerprint density at radius 2 is 2.21 bits per heavy atom. The van der Waals surface area contributed by atoms with Gasteiger partial charge in [0.15, 0.2) is 0 Å². The fourth-order valence-corrected chi connectivity index (χ4v) is 1.19. The number of hydrogen-bond acceptors (Lipinski definition) is 5. The van der Waals surface area contributed by atoms with E-state index in [9.17, 15) is 0 Å². The maximum atomic E-state index is 8.76. The summed E-state index contributed by atoms with van der Waals surface area (Å²) in [6.45, 7) is 6.34. The molecule has 0 bridgehead atoms. The van der Waals surface area contributed by atoms with Crippen LogP contribution in [0.25, 0.3) is 0 Å². The van der Waals surface area contributed by atoms with E-state index in [1.165, 1.54) is 0 Å². The van der Waals surface area contributed by atoms with Crippen molar-refractivity contribution in [2.75, 3.05) is 6.61 Å². The van der Waals surface area contributed by atoms with Gasteiger partial charge >= 0.3 is 0 Å². The molecule has 1 aromatic rings. The van der Waals surface area contributed by atoms with Gasteiger partial charge in [-0.15, -0.1) is 0 Å². The molecule has 14 heavy (non-hydrogen) atoms. The first-order chi connectivity index (χ1) is 6.69. The van der Waals surface area contributed by atoms with Crippen LogP contribution in [0.4, 0.5) is 0 Å². The third-order valence-corrected chi connectivity index (χ3v) is 1.83. The van der Waals surface area contributed by atoms with Crippen LogP contribution >= 0.6 is 0 Å². The molecule has 0 saturated heterocycles. The van der Waals surface area contributed by atoms with Gasteiger partial charge in [-0.1, -0.05) is 19.0 Å². The Kier molecular flexibility index (Phi) is 4.03. The molecule has 5 nitrogen and oxygen atoms in total. The predicted molar refractivity (Wildman–Crippen MR) is 49.4 cm³/mol. The van der Waals surface area contributed by atoms with Gasteiger partial charge in [0, 0.05) is 6.61 Å². The molecule has 1 N–H and O–H groups in total. The molecule has 0 spiro atoms. The Morgan fingerprint density at radius 1 is 1.50 bits per heavy atom. The lowest BCUT2D eigenvalue weighted by Crippen LogP contribution is -2.12. The zero-order chi connectivity index (χ0) is 10.6. The van der Waals surface area contributed by atoms with E-state index in [4.69, 9.17) is 14.4 Å². The van der Waals surface area contributed by atoms with Crippen molar-refractivity contribution < 1.29 is 14.4 Å². The molecule has 0 aliphatic heterocycles. The number of rotatable bonds is 5. The highest BCUT2D eigenvalue weighted by atomic mass is 16.5. The molecule has 1 rings (SSSR count). The van der Waals surface area contributed by atoms with Crippen molar-refractivity contribution in [1.82, 2.24) is 10.1 Å². The minimum atomic E-state index is -0.232. The molecule has 0 amide bonds. The number of aliphatic hydroxyl groups is 1. The molecule has 0 saturated carbocycles. The molecular formula is C9H16N2O3. The van der Waals surface area contributed by atoms with Crippen LogP contribution in [-0.2, 0) is 11.3 Å². The van der Waals surface area contributed by atoms with Gasteiger partial charge in [0.2, 0.25) is 5.82 Å². The van der Waals surface area contributed by atoms with Crippen molar-refractivity contribution >= 4 is 0 Å². The topological polar surface area (TPSA) is 68.4 Å². The second-order valence-corrected chi connectivity index (χ2v) is 3.32. The summed E-state index contributed by atoms with van der Waals surface area (Å²) in [5, 5.41) is 12.5. The van der Waals surface area contributed by atoms with Gasteiger partial charge < -0.3 is 14.4 Å². The molecule has 1 aromatic heterocycles. The molecule has 80 valence electrons. The summed E-state index contributed by atoms with van der Waals surface area (Å²) in [5.41, 5.74) is 0. The van der Waals surface area contributed by atoms with Gasteiger partial charge in [-0.3, -0.25) is 0 Å². The Bertz CT molecular complexity index is 273. The van der Waals surface area contributed by atoms with E-state index in [0.717, 1.165) is 0 Å². The van der Waals surface area contributed by atoms with Gasteiger partial charge in [-0.2, -0.15) is 4.98 Å². The van der Waals surface area contributed by atoms with Crippen LogP contribution in [0.1, 0.15) is 38.6 Å². The van der Waals surface area contributed by atoms with Crippen LogP contribution in [0.2, 0.25) is 0 Å². The summed E-state index contributed by atoms with van der Waals surface area (Å²) in [6.07, 6.45) is -0.163. The molecule has 1 unspecified atom stereocenters. The summed E-state index contributed by atoms with van der Waals surface area (Å²) < 4.78 is 10.3. The number of hydrogen-bond donors (Lipinski definition) is 1. The molecular weight excluding hydrogens is 184 g/mol. The van der Waals surface area contributed by atoms with Gasteiger partial charge in [0.05, 0.1) is 0 Å². The zero-order valence-electron chi connectivity index (χ0n) is 8.73. The van der Waals surface area contributed by atoms with Gasteiger partial charge in [0.25, 0.3) is 5.89 Å². The molecule has 0 radical (unpaired) electrons. The Labute approximate surface area is 83.1 Å². The number of aromatic nitrogens is 2. The van der Waals surface area contributed by atoms with Gasteiger partial charge in [-0.05, 0) is 12.8 Å². The van der Waals surface area contributed by atoms with E-state index < -0.39 is 0 Å². The van der Waals surface area contributed by atoms with Crippen LogP contribution in [-0.4, -0.2) is 21.9 Å². The molecule has 0 aliphatic rings. The number of ether oxygens (including phenoxy) is 1. The SMILES string of the molecule is CCOC(c1noc(CO)n1)C(C)C. The molecule has 1 atom stereocenters. The molecule has 5 heteroatoms. The van der Waals surface area contributed by atoms with E-state index >= 15 is 0 Å². The summed E-state index contributed by atoms with van der Waals surface area (Å²) >= 11 is 0. The largest absolute Gasteiger partial charge is 0.387 e. The van der Waals surface area contributed by atoms with Gasteiger partial charge in [-0.25, -0.2) is 0 Å². The molecule has 0 aromatic carbocycles. The monoisotopic (exact) mass is 200 g/mol. The number of nitrogens with zero attached hydrogens (tertiary/aromatic N) is 2. The van der Waals surface area contributed by atoms with E-state index in [1.807, 2.05) is 20.8 Å². The summed E-state index contributed by atoms with van der Waals surface area (Å²) in [6, 6.07) is 0. The zero-order valence-corrected chi connectivity index (χ0v) is 8.73. The van der Waals surface area contributed by atoms with E-state index in [2.05, 4.69) is 10.1 Å². The average Bonchev–Trinajstić information content (AvgIpc) is 2.61. The maximum absolute atomic E-state index is 8.76. The Balaban J connectivity index is 2.76. The van der Waals surface area contributed by atoms with Crippen LogP contribution in [0.15, 0.2) is 4.52 Å². The summed E-state index contributed by atoms with van der Waals surface area (Å²) in [7, 11) is 0. The Hall–Kier alpha value is -0.940. The van der Waals surface area contributed by atoms with Crippen molar-refractivity contribution in [2.45, 2.75) is 33.5 Å². The van der Waals surface area contributed by atoms with Crippen molar-refractivity contribution in [3.8, 4) is 0 Å². The predicted octanol–water partition coefficient (Wildman–Crippen LogP) is 1.30. The average molecular weight is 200 g/mol. The lowest BCUT2D eigenvalue weighted by atomic mass is 10.1. The van der Waals surface area contributed by atoms with Crippen LogP contribution in [0.3, 0.4) is 0 Å². The van der Waals surface area contributed by atoms with Crippen LogP contribution in [0, 0.1) is 5.92 Å². The second-order valence-electron chi connectivity index (χ2n) is 3.32. The van der Waals surface area contributed by atoms with Crippen molar-refractivity contribution in [3.05, 3.63) is 11.7 Å². The summed E-state index contributed by atoms with van der Waals surface area (Å²) in [5.74, 6) is 1.01. The first kappa shape index (κ1) is 11.1. The fraction of sp³-hybridized carbons (Fsp3) is 0.778. The van der Waals surface area contributed by atoms with Crippen LogP contribution < -0.4 is 0 Å². The van der Waals surface area contributed by atoms with E-state index in [1.54, 1.807) is 0 Å². The smallest absolute Gasteiger partial charge is 0.252 e. The molecule has 0 fully saturated rings. The highest BCUT2D eigenvalue weighted by molar-refractivity contribution is 4.91. The first-order valence-electron chi connectivity index (χ1n) is 4.74. The van der Waals surface area contributed by atoms with E-state index in [-0.39, 0.29) is 24.5 Å². The molecule has 1 heterocycles. The first-order valence-corrected chi connectivity index (χ1v) is 4.74. The molecule has 0 aliphatic carbocycles. The fourth-order valence-electron chi connectivity index (χ4n) is 1.19. The second kappa shape index (κ2) is 5.07. The highest BCUT2D eigenvalue weighted by Crippen LogP contribution is 2.22. The van der Waals surface area contributed by atoms with Gasteiger partial charge in [0.1, 0.15) is 12.7 Å². The standard InChI is InChI=1S/C9H16N2O3/c1-4-13-8(6(2)3)9-10-7(5-12)14-11-9/h6,8,12H,4-5H2,1-3H3. The normalized spacial score (nSPS) is 13.5. The summed E-state index contributed by atoms with van der Waals surface area (Å²) in [4.78, 5) is 4.02. The van der Waals surface area contributed by atoms with E-state index in [0.29, 0.717) is 12.4 Å². The third kappa shape index (κ3) is 2.52. The lowest BCUT2D eigenvalue weighted by molar-refractivity contribution is 0.0217. The highest BCUT2D eigenvalue weighted by Gasteiger charge is 2.21. The van der Waals surface area contributed by atoms with Crippen molar-refractivity contribution in [1.29, 1.82) is 0 Å². The van der Waals surface area contributed by atoms with Crippen molar-refractivity contribution in [2.24, 2.45) is 5.92 Å². The minimum Gasteiger partial charge on any atom is -0.387 e. The van der Waals surface area contributed by atoms with Crippen molar-refractivity contribution in [3.63, 3.8) is 0 Å². The maximum Gasteiger partial charge on any atom is 0.252 e. The number of aliphatic hydroxyl groups excluding tert-OH is 1. The lowest BCUT2D eigenvalue weighted by Gasteiger charge is -2.16. The minimum absolute atomic E-state index is 0.163. The third-order valence-electron chi connectivity index (χ3n) is 1.83. The Morgan fingerprint density at radius 3 is 2.64 bits per heavy atom.